The van der Waals surface area contributed by atoms with Gasteiger partial charge in [0, 0.05) is 14.2 Å². The zero-order chi connectivity index (χ0) is 14.8. The minimum Gasteiger partial charge on any atom is -0.371 e. The second kappa shape index (κ2) is 9.72. The van der Waals surface area contributed by atoms with Crippen molar-refractivity contribution >= 4 is 0 Å². The van der Waals surface area contributed by atoms with E-state index in [4.69, 9.17) is 18.9 Å². The number of hydrogen-bond donors (Lipinski definition) is 0. The Morgan fingerprint density at radius 3 is 2.25 bits per heavy atom. The Morgan fingerprint density at radius 2 is 1.70 bits per heavy atom. The molecule has 120 valence electrons. The number of epoxide rings is 1. The predicted octanol–water partition coefficient (Wildman–Crippen LogP) is 3.53. The van der Waals surface area contributed by atoms with Gasteiger partial charge in [0.05, 0.1) is 13.2 Å². The molecule has 0 aromatic carbocycles. The third-order valence-electron chi connectivity index (χ3n) is 4.10. The van der Waals surface area contributed by atoms with Gasteiger partial charge in [-0.05, 0) is 13.3 Å². The fourth-order valence-electron chi connectivity index (χ4n) is 2.34. The van der Waals surface area contributed by atoms with Crippen molar-refractivity contribution in [3.63, 3.8) is 0 Å². The van der Waals surface area contributed by atoms with Crippen molar-refractivity contribution < 1.29 is 18.9 Å². The molecule has 20 heavy (non-hydrogen) atoms. The zero-order valence-corrected chi connectivity index (χ0v) is 13.7. The lowest BCUT2D eigenvalue weighted by Gasteiger charge is -2.35. The molecular weight excluding hydrogens is 256 g/mol. The lowest BCUT2D eigenvalue weighted by Crippen LogP contribution is -2.45. The SMILES string of the molecule is CCCCCCCCC(OCC1CO1)C(C)(OC)OC. The number of methoxy groups -OCH3 is 2. The van der Waals surface area contributed by atoms with Crippen molar-refractivity contribution in [2.45, 2.75) is 76.8 Å². The first-order valence-corrected chi connectivity index (χ1v) is 7.99. The maximum atomic E-state index is 5.97. The fraction of sp³-hybridized carbons (Fsp3) is 1.00. The second-order valence-corrected chi connectivity index (χ2v) is 5.76. The van der Waals surface area contributed by atoms with E-state index in [2.05, 4.69) is 6.92 Å². The maximum Gasteiger partial charge on any atom is 0.191 e. The van der Waals surface area contributed by atoms with Gasteiger partial charge in [0.2, 0.25) is 0 Å². The van der Waals surface area contributed by atoms with Crippen molar-refractivity contribution in [3.8, 4) is 0 Å². The molecule has 0 N–H and O–H groups in total. The van der Waals surface area contributed by atoms with Gasteiger partial charge >= 0.3 is 0 Å². The van der Waals surface area contributed by atoms with Crippen molar-refractivity contribution in [1.82, 2.24) is 0 Å². The topological polar surface area (TPSA) is 40.2 Å². The zero-order valence-electron chi connectivity index (χ0n) is 13.7. The van der Waals surface area contributed by atoms with Crippen LogP contribution >= 0.6 is 0 Å². The van der Waals surface area contributed by atoms with E-state index in [1.54, 1.807) is 14.2 Å². The molecule has 4 heteroatoms. The van der Waals surface area contributed by atoms with Gasteiger partial charge in [-0.3, -0.25) is 0 Å². The minimum atomic E-state index is -0.668. The number of ether oxygens (including phenoxy) is 4. The van der Waals surface area contributed by atoms with Crippen LogP contribution in [0.2, 0.25) is 0 Å². The standard InChI is InChI=1S/C16H32O4/c1-5-6-7-8-9-10-11-15(16(2,17-3)18-4)20-13-14-12-19-14/h14-15H,5-13H2,1-4H3. The summed E-state index contributed by atoms with van der Waals surface area (Å²) in [6.45, 7) is 5.65. The Hall–Kier alpha value is -0.160. The Labute approximate surface area is 124 Å². The maximum absolute atomic E-state index is 5.97. The molecule has 0 spiro atoms. The van der Waals surface area contributed by atoms with Gasteiger partial charge in [-0.2, -0.15) is 0 Å². The van der Waals surface area contributed by atoms with Crippen LogP contribution < -0.4 is 0 Å². The molecule has 0 saturated carbocycles. The largest absolute Gasteiger partial charge is 0.371 e. The van der Waals surface area contributed by atoms with E-state index >= 15 is 0 Å². The van der Waals surface area contributed by atoms with E-state index in [0.29, 0.717) is 6.61 Å². The van der Waals surface area contributed by atoms with Gasteiger partial charge in [-0.15, -0.1) is 0 Å². The van der Waals surface area contributed by atoms with E-state index in [1.807, 2.05) is 6.92 Å². The molecule has 1 heterocycles. The molecular formula is C16H32O4. The summed E-state index contributed by atoms with van der Waals surface area (Å²) in [4.78, 5) is 0. The van der Waals surface area contributed by atoms with Gasteiger partial charge in [0.15, 0.2) is 5.79 Å². The highest BCUT2D eigenvalue weighted by Crippen LogP contribution is 2.25. The summed E-state index contributed by atoms with van der Waals surface area (Å²) in [7, 11) is 3.35. The van der Waals surface area contributed by atoms with E-state index in [-0.39, 0.29) is 12.2 Å². The summed E-state index contributed by atoms with van der Waals surface area (Å²) in [6.07, 6.45) is 8.90. The average molecular weight is 288 g/mol. The number of unbranched alkanes of at least 4 members (excludes halogenated alkanes) is 5. The van der Waals surface area contributed by atoms with E-state index < -0.39 is 5.79 Å². The first-order chi connectivity index (χ1) is 9.66. The molecule has 0 aromatic heterocycles. The molecule has 1 aliphatic heterocycles. The van der Waals surface area contributed by atoms with Gasteiger partial charge in [0.25, 0.3) is 0 Å². The molecule has 0 bridgehead atoms. The van der Waals surface area contributed by atoms with E-state index in [0.717, 1.165) is 19.4 Å². The van der Waals surface area contributed by atoms with Crippen molar-refractivity contribution in [2.24, 2.45) is 0 Å². The summed E-state index contributed by atoms with van der Waals surface area (Å²) in [5, 5.41) is 0. The van der Waals surface area contributed by atoms with Crippen LogP contribution in [0.15, 0.2) is 0 Å². The number of hydrogen-bond acceptors (Lipinski definition) is 4. The average Bonchev–Trinajstić information content (AvgIpc) is 3.29. The Bertz CT molecular complexity index is 237. The quantitative estimate of drug-likeness (QED) is 0.295. The molecule has 2 atom stereocenters. The summed E-state index contributed by atoms with van der Waals surface area (Å²) < 4.78 is 22.2. The highest BCUT2D eigenvalue weighted by Gasteiger charge is 2.36. The van der Waals surface area contributed by atoms with Gasteiger partial charge in [0.1, 0.15) is 12.2 Å². The summed E-state index contributed by atoms with van der Waals surface area (Å²) in [6, 6.07) is 0. The van der Waals surface area contributed by atoms with Crippen LogP contribution in [0.25, 0.3) is 0 Å². The second-order valence-electron chi connectivity index (χ2n) is 5.76. The Kier molecular flexibility index (Phi) is 8.69. The molecule has 1 aliphatic rings. The normalized spacial score (nSPS) is 20.1. The minimum absolute atomic E-state index is 0.0344. The third kappa shape index (κ3) is 6.53. The lowest BCUT2D eigenvalue weighted by molar-refractivity contribution is -0.260. The highest BCUT2D eigenvalue weighted by atomic mass is 16.7. The molecule has 2 unspecified atom stereocenters. The van der Waals surface area contributed by atoms with Crippen LogP contribution in [0.1, 0.15) is 58.8 Å². The van der Waals surface area contributed by atoms with Crippen LogP contribution in [0.4, 0.5) is 0 Å². The van der Waals surface area contributed by atoms with Gasteiger partial charge in [-0.1, -0.05) is 45.4 Å². The van der Waals surface area contributed by atoms with Crippen molar-refractivity contribution in [1.29, 1.82) is 0 Å². The third-order valence-corrected chi connectivity index (χ3v) is 4.10. The first-order valence-electron chi connectivity index (χ1n) is 7.99. The van der Waals surface area contributed by atoms with E-state index in [9.17, 15) is 0 Å². The summed E-state index contributed by atoms with van der Waals surface area (Å²) in [5.74, 6) is -0.668. The summed E-state index contributed by atoms with van der Waals surface area (Å²) in [5.41, 5.74) is 0. The summed E-state index contributed by atoms with van der Waals surface area (Å²) >= 11 is 0. The Balaban J connectivity index is 2.28. The molecule has 1 rings (SSSR count). The highest BCUT2D eigenvalue weighted by molar-refractivity contribution is 4.78. The molecule has 0 aromatic rings. The molecule has 4 nitrogen and oxygen atoms in total. The van der Waals surface area contributed by atoms with Gasteiger partial charge in [-0.25, -0.2) is 0 Å². The van der Waals surface area contributed by atoms with E-state index in [1.165, 1.54) is 32.1 Å². The van der Waals surface area contributed by atoms with Crippen LogP contribution in [-0.2, 0) is 18.9 Å². The lowest BCUT2D eigenvalue weighted by atomic mass is 10.0. The molecule has 0 radical (unpaired) electrons. The van der Waals surface area contributed by atoms with Crippen LogP contribution in [0.3, 0.4) is 0 Å². The van der Waals surface area contributed by atoms with Crippen LogP contribution in [-0.4, -0.2) is 45.4 Å². The van der Waals surface area contributed by atoms with Crippen molar-refractivity contribution in [2.75, 3.05) is 27.4 Å². The molecule has 0 aliphatic carbocycles. The van der Waals surface area contributed by atoms with Crippen molar-refractivity contribution in [3.05, 3.63) is 0 Å². The molecule has 0 amide bonds. The number of rotatable bonds is 13. The first kappa shape index (κ1) is 17.9. The predicted molar refractivity (Wildman–Crippen MR) is 79.9 cm³/mol. The Morgan fingerprint density at radius 1 is 1.10 bits per heavy atom. The van der Waals surface area contributed by atoms with Gasteiger partial charge < -0.3 is 18.9 Å². The molecule has 1 fully saturated rings. The molecule has 1 saturated heterocycles. The monoisotopic (exact) mass is 288 g/mol. The van der Waals surface area contributed by atoms with Crippen LogP contribution in [0.5, 0.6) is 0 Å². The fourth-order valence-corrected chi connectivity index (χ4v) is 2.34. The van der Waals surface area contributed by atoms with Crippen LogP contribution in [0, 0.1) is 0 Å². The smallest absolute Gasteiger partial charge is 0.191 e.